The van der Waals surface area contributed by atoms with E-state index in [1.807, 2.05) is 57.2 Å². The van der Waals surface area contributed by atoms with Crippen molar-refractivity contribution in [2.75, 3.05) is 4.72 Å². The van der Waals surface area contributed by atoms with Crippen molar-refractivity contribution in [1.82, 2.24) is 9.97 Å². The topological polar surface area (TPSA) is 47.0 Å². The molecule has 3 rings (SSSR count). The zero-order chi connectivity index (χ0) is 16.2. The first-order valence-electron chi connectivity index (χ1n) is 7.54. The minimum atomic E-state index is 0.128. The maximum absolute atomic E-state index is 5.88. The van der Waals surface area contributed by atoms with Crippen LogP contribution in [-0.4, -0.2) is 16.1 Å². The number of hydrogen-bond acceptors (Lipinski definition) is 5. The van der Waals surface area contributed by atoms with Gasteiger partial charge in [-0.2, -0.15) is 0 Å². The molecule has 0 unspecified atom stereocenters. The van der Waals surface area contributed by atoms with E-state index in [0.29, 0.717) is 0 Å². The summed E-state index contributed by atoms with van der Waals surface area (Å²) < 4.78 is 9.24. The zero-order valence-corrected chi connectivity index (χ0v) is 14.2. The first-order chi connectivity index (χ1) is 11.1. The summed E-state index contributed by atoms with van der Waals surface area (Å²) in [7, 11) is 0. The molecule has 0 saturated carbocycles. The summed E-state index contributed by atoms with van der Waals surface area (Å²) in [5, 5.41) is 1.96. The minimum Gasteiger partial charge on any atom is -0.490 e. The smallest absolute Gasteiger partial charge is 0.130 e. The van der Waals surface area contributed by atoms with Crippen LogP contribution in [0.1, 0.15) is 19.4 Å². The SMILES string of the molecule is Cc1cccnc1SNc1cccc2c(OC(C)C)ccnc12. The van der Waals surface area contributed by atoms with E-state index in [1.165, 1.54) is 11.9 Å². The van der Waals surface area contributed by atoms with E-state index in [4.69, 9.17) is 4.74 Å². The molecule has 4 nitrogen and oxygen atoms in total. The number of anilines is 1. The second kappa shape index (κ2) is 6.87. The highest BCUT2D eigenvalue weighted by atomic mass is 32.2. The molecule has 0 aliphatic carbocycles. The molecule has 0 amide bonds. The maximum atomic E-state index is 5.88. The molecule has 0 radical (unpaired) electrons. The van der Waals surface area contributed by atoms with Crippen LogP contribution in [0.25, 0.3) is 10.9 Å². The second-order valence-electron chi connectivity index (χ2n) is 5.51. The predicted octanol–water partition coefficient (Wildman–Crippen LogP) is 4.84. The zero-order valence-electron chi connectivity index (χ0n) is 13.4. The molecule has 0 fully saturated rings. The fraction of sp³-hybridized carbons (Fsp3) is 0.222. The number of aromatic nitrogens is 2. The van der Waals surface area contributed by atoms with Gasteiger partial charge in [-0.1, -0.05) is 12.1 Å². The van der Waals surface area contributed by atoms with E-state index in [2.05, 4.69) is 14.7 Å². The van der Waals surface area contributed by atoms with E-state index in [-0.39, 0.29) is 6.10 Å². The highest BCUT2D eigenvalue weighted by molar-refractivity contribution is 8.00. The van der Waals surface area contributed by atoms with Gasteiger partial charge in [-0.3, -0.25) is 4.98 Å². The minimum absolute atomic E-state index is 0.128. The summed E-state index contributed by atoms with van der Waals surface area (Å²) in [6.45, 7) is 6.09. The van der Waals surface area contributed by atoms with Crippen LogP contribution in [0.4, 0.5) is 5.69 Å². The van der Waals surface area contributed by atoms with Crippen molar-refractivity contribution in [1.29, 1.82) is 0 Å². The highest BCUT2D eigenvalue weighted by Crippen LogP contribution is 2.32. The maximum Gasteiger partial charge on any atom is 0.130 e. The largest absolute Gasteiger partial charge is 0.490 e. The highest BCUT2D eigenvalue weighted by Gasteiger charge is 2.09. The van der Waals surface area contributed by atoms with Crippen LogP contribution >= 0.6 is 11.9 Å². The van der Waals surface area contributed by atoms with Gasteiger partial charge in [-0.05, 0) is 50.6 Å². The lowest BCUT2D eigenvalue weighted by molar-refractivity contribution is 0.245. The van der Waals surface area contributed by atoms with Gasteiger partial charge in [-0.15, -0.1) is 0 Å². The monoisotopic (exact) mass is 325 g/mol. The number of para-hydroxylation sites is 1. The summed E-state index contributed by atoms with van der Waals surface area (Å²) in [6.07, 6.45) is 3.71. The Labute approximate surface area is 140 Å². The van der Waals surface area contributed by atoms with Gasteiger partial charge >= 0.3 is 0 Å². The molecule has 0 bridgehead atoms. The van der Waals surface area contributed by atoms with E-state index < -0.39 is 0 Å². The first kappa shape index (κ1) is 15.6. The van der Waals surface area contributed by atoms with Crippen LogP contribution in [0.5, 0.6) is 5.75 Å². The Bertz CT molecular complexity index is 820. The third kappa shape index (κ3) is 3.56. The van der Waals surface area contributed by atoms with Crippen molar-refractivity contribution < 1.29 is 4.74 Å². The number of fused-ring (bicyclic) bond motifs is 1. The molecule has 2 aromatic heterocycles. The summed E-state index contributed by atoms with van der Waals surface area (Å²) in [5.41, 5.74) is 2.99. The standard InChI is InChI=1S/C18H19N3OS/c1-12(2)22-16-9-11-19-17-14(16)7-4-8-15(17)21-23-18-13(3)6-5-10-20-18/h4-12,21H,1-3H3. The van der Waals surface area contributed by atoms with Gasteiger partial charge in [0.15, 0.2) is 0 Å². The molecule has 1 N–H and O–H groups in total. The molecule has 2 heterocycles. The van der Waals surface area contributed by atoms with Crippen LogP contribution in [0.2, 0.25) is 0 Å². The Hall–Kier alpha value is -2.27. The Morgan fingerprint density at radius 1 is 1.04 bits per heavy atom. The third-order valence-corrected chi connectivity index (χ3v) is 4.26. The number of nitrogens with zero attached hydrogens (tertiary/aromatic N) is 2. The number of aryl methyl sites for hydroxylation is 1. The molecule has 0 aliphatic rings. The molecule has 0 saturated heterocycles. The molecule has 0 aliphatic heterocycles. The number of pyridine rings is 2. The lowest BCUT2D eigenvalue weighted by Crippen LogP contribution is -2.06. The molecule has 0 atom stereocenters. The number of nitrogens with one attached hydrogen (secondary N) is 1. The van der Waals surface area contributed by atoms with Crippen LogP contribution in [0.3, 0.4) is 0 Å². The van der Waals surface area contributed by atoms with E-state index in [0.717, 1.165) is 32.9 Å². The van der Waals surface area contributed by atoms with Crippen molar-refractivity contribution in [3.63, 3.8) is 0 Å². The summed E-state index contributed by atoms with van der Waals surface area (Å²) in [6, 6.07) is 11.9. The number of hydrogen-bond donors (Lipinski definition) is 1. The predicted molar refractivity (Wildman–Crippen MR) is 96.0 cm³/mol. The lowest BCUT2D eigenvalue weighted by Gasteiger charge is -2.14. The van der Waals surface area contributed by atoms with Gasteiger partial charge in [0.25, 0.3) is 0 Å². The summed E-state index contributed by atoms with van der Waals surface area (Å²) in [5.74, 6) is 0.854. The van der Waals surface area contributed by atoms with Crippen LogP contribution in [0, 0.1) is 6.92 Å². The van der Waals surface area contributed by atoms with E-state index in [1.54, 1.807) is 12.4 Å². The average molecular weight is 325 g/mol. The Morgan fingerprint density at radius 2 is 1.91 bits per heavy atom. The molecule has 0 spiro atoms. The number of benzene rings is 1. The van der Waals surface area contributed by atoms with Crippen molar-refractivity contribution in [3.05, 3.63) is 54.4 Å². The van der Waals surface area contributed by atoms with Crippen molar-refractivity contribution >= 4 is 28.5 Å². The fourth-order valence-electron chi connectivity index (χ4n) is 2.27. The molecule has 1 aromatic carbocycles. The molecule has 23 heavy (non-hydrogen) atoms. The van der Waals surface area contributed by atoms with Crippen LogP contribution < -0.4 is 9.46 Å². The second-order valence-corrected chi connectivity index (χ2v) is 6.30. The van der Waals surface area contributed by atoms with E-state index in [9.17, 15) is 0 Å². The van der Waals surface area contributed by atoms with Crippen molar-refractivity contribution in [3.8, 4) is 5.75 Å². The van der Waals surface area contributed by atoms with Gasteiger partial charge in [0, 0.05) is 29.7 Å². The molecule has 5 heteroatoms. The van der Waals surface area contributed by atoms with Gasteiger partial charge < -0.3 is 9.46 Å². The average Bonchev–Trinajstić information content (AvgIpc) is 2.54. The van der Waals surface area contributed by atoms with Gasteiger partial charge in [0.05, 0.1) is 17.3 Å². The van der Waals surface area contributed by atoms with Gasteiger partial charge in [0.1, 0.15) is 10.8 Å². The lowest BCUT2D eigenvalue weighted by atomic mass is 10.2. The van der Waals surface area contributed by atoms with Gasteiger partial charge in [-0.25, -0.2) is 4.98 Å². The Kier molecular flexibility index (Phi) is 4.67. The Morgan fingerprint density at radius 3 is 2.70 bits per heavy atom. The number of rotatable bonds is 5. The molecule has 3 aromatic rings. The quantitative estimate of drug-likeness (QED) is 0.680. The van der Waals surface area contributed by atoms with Crippen LogP contribution in [0.15, 0.2) is 53.8 Å². The third-order valence-electron chi connectivity index (χ3n) is 3.31. The molecular formula is C18H19N3OS. The van der Waals surface area contributed by atoms with Gasteiger partial charge in [0.2, 0.25) is 0 Å². The molecule has 118 valence electrons. The Balaban J connectivity index is 1.91. The summed E-state index contributed by atoms with van der Waals surface area (Å²) >= 11 is 1.49. The van der Waals surface area contributed by atoms with Crippen molar-refractivity contribution in [2.45, 2.75) is 31.9 Å². The van der Waals surface area contributed by atoms with Crippen molar-refractivity contribution in [2.24, 2.45) is 0 Å². The first-order valence-corrected chi connectivity index (χ1v) is 8.35. The molecular weight excluding hydrogens is 306 g/mol. The van der Waals surface area contributed by atoms with Crippen LogP contribution in [-0.2, 0) is 0 Å². The normalized spacial score (nSPS) is 11.0. The van der Waals surface area contributed by atoms with E-state index >= 15 is 0 Å². The summed E-state index contributed by atoms with van der Waals surface area (Å²) in [4.78, 5) is 8.89. The number of ether oxygens (including phenoxy) is 1. The fourth-order valence-corrected chi connectivity index (χ4v) is 2.99.